The molecule has 2 rings (SSSR count). The first kappa shape index (κ1) is 15.3. The molecule has 2 aromatic rings. The average Bonchev–Trinajstić information content (AvgIpc) is 2.52. The molecule has 0 fully saturated rings. The Bertz CT molecular complexity index is 549. The Morgan fingerprint density at radius 1 is 0.905 bits per heavy atom. The zero-order chi connectivity index (χ0) is 14.9. The average molecular weight is 283 g/mol. The van der Waals surface area contributed by atoms with E-state index in [4.69, 9.17) is 5.11 Å². The van der Waals surface area contributed by atoms with E-state index in [0.29, 0.717) is 5.56 Å². The van der Waals surface area contributed by atoms with Gasteiger partial charge in [-0.1, -0.05) is 42.5 Å². The van der Waals surface area contributed by atoms with Gasteiger partial charge in [-0.05, 0) is 49.1 Å². The maximum absolute atomic E-state index is 10.7. The minimum absolute atomic E-state index is 0.335. The molecule has 3 heteroatoms. The quantitative estimate of drug-likeness (QED) is 0.729. The molecular weight excluding hydrogens is 262 g/mol. The lowest BCUT2D eigenvalue weighted by atomic mass is 10.1. The highest BCUT2D eigenvalue weighted by Gasteiger charge is 2.01. The molecule has 0 radical (unpaired) electrons. The van der Waals surface area contributed by atoms with Crippen molar-refractivity contribution in [3.05, 3.63) is 71.3 Å². The molecule has 0 aromatic heterocycles. The molecule has 3 nitrogen and oxygen atoms in total. The summed E-state index contributed by atoms with van der Waals surface area (Å²) < 4.78 is 0. The normalized spacial score (nSPS) is 10.5. The molecule has 0 atom stereocenters. The highest BCUT2D eigenvalue weighted by molar-refractivity contribution is 5.87. The fraction of sp³-hybridized carbons (Fsp3) is 0.278. The third kappa shape index (κ3) is 5.40. The van der Waals surface area contributed by atoms with Crippen molar-refractivity contribution in [2.75, 3.05) is 6.54 Å². The van der Waals surface area contributed by atoms with Crippen LogP contribution in [0.2, 0.25) is 0 Å². The second-order valence-corrected chi connectivity index (χ2v) is 5.12. The standard InChI is InChI=1S/C18H21NO2/c20-18(21)17-11-9-16(10-12-17)14-19-13-5-4-8-15-6-2-1-3-7-15/h1-3,6-7,9-12,19H,4-5,8,13-14H2,(H,20,21). The largest absolute Gasteiger partial charge is 0.478 e. The van der Waals surface area contributed by atoms with E-state index in [0.717, 1.165) is 31.5 Å². The van der Waals surface area contributed by atoms with Gasteiger partial charge < -0.3 is 10.4 Å². The summed E-state index contributed by atoms with van der Waals surface area (Å²) in [5, 5.41) is 12.2. The van der Waals surface area contributed by atoms with Crippen LogP contribution < -0.4 is 5.32 Å². The molecule has 0 amide bonds. The van der Waals surface area contributed by atoms with Crippen molar-refractivity contribution >= 4 is 5.97 Å². The molecule has 0 bridgehead atoms. The Morgan fingerprint density at radius 2 is 1.62 bits per heavy atom. The van der Waals surface area contributed by atoms with E-state index in [1.54, 1.807) is 12.1 Å². The van der Waals surface area contributed by atoms with Crippen molar-refractivity contribution in [3.63, 3.8) is 0 Å². The maximum atomic E-state index is 10.7. The topological polar surface area (TPSA) is 49.3 Å². The van der Waals surface area contributed by atoms with Gasteiger partial charge in [0.05, 0.1) is 5.56 Å². The molecular formula is C18H21NO2. The first-order valence-corrected chi connectivity index (χ1v) is 7.32. The Hall–Kier alpha value is -2.13. The molecule has 21 heavy (non-hydrogen) atoms. The van der Waals surface area contributed by atoms with Gasteiger partial charge in [-0.15, -0.1) is 0 Å². The molecule has 0 aliphatic carbocycles. The van der Waals surface area contributed by atoms with Gasteiger partial charge in [-0.25, -0.2) is 4.79 Å². The number of aryl methyl sites for hydroxylation is 1. The predicted molar refractivity (Wildman–Crippen MR) is 84.5 cm³/mol. The summed E-state index contributed by atoms with van der Waals surface area (Å²) in [5.41, 5.74) is 2.84. The smallest absolute Gasteiger partial charge is 0.335 e. The van der Waals surface area contributed by atoms with Crippen LogP contribution in [0.25, 0.3) is 0 Å². The van der Waals surface area contributed by atoms with Gasteiger partial charge in [0.1, 0.15) is 0 Å². The molecule has 2 N–H and O–H groups in total. The van der Waals surface area contributed by atoms with Gasteiger partial charge in [0, 0.05) is 6.54 Å². The number of hydrogen-bond acceptors (Lipinski definition) is 2. The van der Waals surface area contributed by atoms with Gasteiger partial charge >= 0.3 is 5.97 Å². The van der Waals surface area contributed by atoms with Crippen LogP contribution in [0.15, 0.2) is 54.6 Å². The van der Waals surface area contributed by atoms with Gasteiger partial charge in [0.2, 0.25) is 0 Å². The molecule has 0 saturated carbocycles. The minimum atomic E-state index is -0.879. The molecule has 0 heterocycles. The summed E-state index contributed by atoms with van der Waals surface area (Å²) in [4.78, 5) is 10.7. The van der Waals surface area contributed by atoms with Crippen molar-refractivity contribution in [1.29, 1.82) is 0 Å². The van der Waals surface area contributed by atoms with Crippen LogP contribution in [0.4, 0.5) is 0 Å². The van der Waals surface area contributed by atoms with Gasteiger partial charge in [0.15, 0.2) is 0 Å². The number of nitrogens with one attached hydrogen (secondary N) is 1. The molecule has 0 spiro atoms. The van der Waals surface area contributed by atoms with Crippen molar-refractivity contribution in [1.82, 2.24) is 5.32 Å². The predicted octanol–water partition coefficient (Wildman–Crippen LogP) is 3.50. The Morgan fingerprint density at radius 3 is 2.29 bits per heavy atom. The van der Waals surface area contributed by atoms with E-state index >= 15 is 0 Å². The first-order chi connectivity index (χ1) is 10.3. The third-order valence-electron chi connectivity index (χ3n) is 3.44. The number of carboxylic acid groups (broad SMARTS) is 1. The van der Waals surface area contributed by atoms with Crippen molar-refractivity contribution in [2.45, 2.75) is 25.8 Å². The Labute approximate surface area is 125 Å². The third-order valence-corrected chi connectivity index (χ3v) is 3.44. The number of unbranched alkanes of at least 4 members (excludes halogenated alkanes) is 1. The fourth-order valence-corrected chi connectivity index (χ4v) is 2.22. The summed E-state index contributed by atoms with van der Waals surface area (Å²) in [6.07, 6.45) is 3.44. The van der Waals surface area contributed by atoms with Crippen LogP contribution in [0.1, 0.15) is 34.3 Å². The van der Waals surface area contributed by atoms with Crippen LogP contribution in [-0.2, 0) is 13.0 Å². The lowest BCUT2D eigenvalue weighted by molar-refractivity contribution is 0.0697. The molecule has 0 saturated heterocycles. The van der Waals surface area contributed by atoms with E-state index < -0.39 is 5.97 Å². The summed E-state index contributed by atoms with van der Waals surface area (Å²) in [6, 6.07) is 17.5. The van der Waals surface area contributed by atoms with Crippen LogP contribution >= 0.6 is 0 Å². The zero-order valence-electron chi connectivity index (χ0n) is 12.1. The molecule has 110 valence electrons. The maximum Gasteiger partial charge on any atom is 0.335 e. The second kappa shape index (κ2) is 8.22. The van der Waals surface area contributed by atoms with Crippen molar-refractivity contribution in [2.24, 2.45) is 0 Å². The van der Waals surface area contributed by atoms with E-state index in [9.17, 15) is 4.79 Å². The highest BCUT2D eigenvalue weighted by Crippen LogP contribution is 2.05. The second-order valence-electron chi connectivity index (χ2n) is 5.12. The minimum Gasteiger partial charge on any atom is -0.478 e. The number of rotatable bonds is 8. The van der Waals surface area contributed by atoms with Crippen LogP contribution in [0.5, 0.6) is 0 Å². The van der Waals surface area contributed by atoms with E-state index in [1.807, 2.05) is 18.2 Å². The number of carboxylic acids is 1. The molecule has 2 aromatic carbocycles. The van der Waals surface area contributed by atoms with Gasteiger partial charge in [0.25, 0.3) is 0 Å². The summed E-state index contributed by atoms with van der Waals surface area (Å²) >= 11 is 0. The SMILES string of the molecule is O=C(O)c1ccc(CNCCCCc2ccccc2)cc1. The van der Waals surface area contributed by atoms with E-state index in [-0.39, 0.29) is 0 Å². The number of aromatic carboxylic acids is 1. The molecule has 0 unspecified atom stereocenters. The van der Waals surface area contributed by atoms with E-state index in [2.05, 4.69) is 29.6 Å². The van der Waals surface area contributed by atoms with Crippen molar-refractivity contribution < 1.29 is 9.90 Å². The van der Waals surface area contributed by atoms with Crippen molar-refractivity contribution in [3.8, 4) is 0 Å². The summed E-state index contributed by atoms with van der Waals surface area (Å²) in [5.74, 6) is -0.879. The lowest BCUT2D eigenvalue weighted by Gasteiger charge is -2.05. The number of benzene rings is 2. The van der Waals surface area contributed by atoms with E-state index in [1.165, 1.54) is 12.0 Å². The summed E-state index contributed by atoms with van der Waals surface area (Å²) in [7, 11) is 0. The lowest BCUT2D eigenvalue weighted by Crippen LogP contribution is -2.14. The highest BCUT2D eigenvalue weighted by atomic mass is 16.4. The number of hydrogen-bond donors (Lipinski definition) is 2. The van der Waals surface area contributed by atoms with Crippen LogP contribution in [0.3, 0.4) is 0 Å². The molecule has 0 aliphatic heterocycles. The number of carbonyl (C=O) groups is 1. The Kier molecular flexibility index (Phi) is 5.98. The fourth-order valence-electron chi connectivity index (χ4n) is 2.22. The van der Waals surface area contributed by atoms with Gasteiger partial charge in [-0.2, -0.15) is 0 Å². The zero-order valence-corrected chi connectivity index (χ0v) is 12.1. The summed E-state index contributed by atoms with van der Waals surface area (Å²) in [6.45, 7) is 1.76. The van der Waals surface area contributed by atoms with Crippen LogP contribution in [0, 0.1) is 0 Å². The monoisotopic (exact) mass is 283 g/mol. The molecule has 0 aliphatic rings. The van der Waals surface area contributed by atoms with Gasteiger partial charge in [-0.3, -0.25) is 0 Å². The Balaban J connectivity index is 1.60. The van der Waals surface area contributed by atoms with Crippen LogP contribution in [-0.4, -0.2) is 17.6 Å². The first-order valence-electron chi connectivity index (χ1n) is 7.32.